The van der Waals surface area contributed by atoms with Gasteiger partial charge in [-0.1, -0.05) is 29.8 Å². The van der Waals surface area contributed by atoms with Crippen LogP contribution >= 0.6 is 35.8 Å². The number of carbonyl (C=O) groups excluding carboxylic acids is 1. The van der Waals surface area contributed by atoms with Gasteiger partial charge in [0.15, 0.2) is 0 Å². The van der Waals surface area contributed by atoms with Crippen LogP contribution in [0.4, 0.5) is 0 Å². The van der Waals surface area contributed by atoms with Crippen molar-refractivity contribution in [2.24, 2.45) is 0 Å². The molecule has 1 atom stereocenters. The Morgan fingerprint density at radius 1 is 1.32 bits per heavy atom. The van der Waals surface area contributed by atoms with Crippen LogP contribution in [0.3, 0.4) is 0 Å². The summed E-state index contributed by atoms with van der Waals surface area (Å²) in [4.78, 5) is 19.9. The number of nitrogens with one attached hydrogen (secondary N) is 1. The van der Waals surface area contributed by atoms with Crippen LogP contribution in [0.15, 0.2) is 53.7 Å². The third-order valence-corrected chi connectivity index (χ3v) is 5.56. The number of benzene rings is 1. The molecule has 2 aromatic rings. The van der Waals surface area contributed by atoms with Crippen molar-refractivity contribution in [1.82, 2.24) is 15.2 Å². The molecule has 0 saturated carbocycles. The van der Waals surface area contributed by atoms with E-state index in [1.54, 1.807) is 18.0 Å². The maximum absolute atomic E-state index is 12.7. The van der Waals surface area contributed by atoms with Crippen molar-refractivity contribution in [2.45, 2.75) is 17.4 Å². The number of carbonyl (C=O) groups is 1. The Balaban J connectivity index is 0.00000225. The fraction of sp³-hybridized carbons (Fsp3) is 0.333. The van der Waals surface area contributed by atoms with Gasteiger partial charge >= 0.3 is 0 Å². The van der Waals surface area contributed by atoms with Crippen LogP contribution in [0.5, 0.6) is 0 Å². The van der Waals surface area contributed by atoms with Gasteiger partial charge in [-0.05, 0) is 23.8 Å². The van der Waals surface area contributed by atoms with Gasteiger partial charge in [0.1, 0.15) is 0 Å². The van der Waals surface area contributed by atoms with Crippen LogP contribution in [0.25, 0.3) is 0 Å². The first-order chi connectivity index (χ1) is 11.8. The Labute approximate surface area is 163 Å². The number of aromatic nitrogens is 1. The maximum Gasteiger partial charge on any atom is 0.224 e. The SMILES string of the molecule is Cl.O=C(CCSc1ccccc1Cl)N1CCNCC1c1cccnc1. The summed E-state index contributed by atoms with van der Waals surface area (Å²) in [6.45, 7) is 2.34. The highest BCUT2D eigenvalue weighted by molar-refractivity contribution is 7.99. The molecule has 1 saturated heterocycles. The number of pyridine rings is 1. The molecule has 134 valence electrons. The van der Waals surface area contributed by atoms with E-state index >= 15 is 0 Å². The van der Waals surface area contributed by atoms with Crippen molar-refractivity contribution in [1.29, 1.82) is 0 Å². The minimum Gasteiger partial charge on any atom is -0.333 e. The van der Waals surface area contributed by atoms with Gasteiger partial charge < -0.3 is 10.2 Å². The lowest BCUT2D eigenvalue weighted by molar-refractivity contribution is -0.134. The number of hydrogen-bond donors (Lipinski definition) is 1. The average molecular weight is 398 g/mol. The molecule has 1 aliphatic rings. The van der Waals surface area contributed by atoms with E-state index in [-0.39, 0.29) is 24.4 Å². The van der Waals surface area contributed by atoms with Crippen LogP contribution in [0.1, 0.15) is 18.0 Å². The van der Waals surface area contributed by atoms with E-state index in [1.807, 2.05) is 47.5 Å². The average Bonchev–Trinajstić information content (AvgIpc) is 2.64. The van der Waals surface area contributed by atoms with Crippen LogP contribution in [-0.4, -0.2) is 41.2 Å². The summed E-state index contributed by atoms with van der Waals surface area (Å²) in [6.07, 6.45) is 4.11. The Bertz CT molecular complexity index is 687. The fourth-order valence-electron chi connectivity index (χ4n) is 2.83. The van der Waals surface area contributed by atoms with Gasteiger partial charge in [-0.25, -0.2) is 0 Å². The van der Waals surface area contributed by atoms with Gasteiger partial charge in [0.25, 0.3) is 0 Å². The van der Waals surface area contributed by atoms with Crippen molar-refractivity contribution in [3.63, 3.8) is 0 Å². The van der Waals surface area contributed by atoms with E-state index in [1.165, 1.54) is 0 Å². The zero-order valence-electron chi connectivity index (χ0n) is 13.7. The van der Waals surface area contributed by atoms with Crippen LogP contribution in [0, 0.1) is 0 Å². The van der Waals surface area contributed by atoms with Crippen molar-refractivity contribution in [3.8, 4) is 0 Å². The lowest BCUT2D eigenvalue weighted by Crippen LogP contribution is -2.48. The second-order valence-electron chi connectivity index (χ2n) is 5.62. The van der Waals surface area contributed by atoms with Crippen LogP contribution in [0.2, 0.25) is 5.02 Å². The van der Waals surface area contributed by atoms with Gasteiger partial charge in [0.05, 0.1) is 11.1 Å². The number of rotatable bonds is 5. The quantitative estimate of drug-likeness (QED) is 0.778. The minimum absolute atomic E-state index is 0. The molecule has 4 nitrogen and oxygen atoms in total. The smallest absolute Gasteiger partial charge is 0.224 e. The Hall–Kier alpha value is -1.27. The molecule has 7 heteroatoms. The third kappa shape index (κ3) is 5.35. The van der Waals surface area contributed by atoms with Gasteiger partial charge in [0.2, 0.25) is 5.91 Å². The first kappa shape index (κ1) is 20.0. The van der Waals surface area contributed by atoms with E-state index in [9.17, 15) is 4.79 Å². The summed E-state index contributed by atoms with van der Waals surface area (Å²) < 4.78 is 0. The number of amides is 1. The molecule has 1 aromatic heterocycles. The van der Waals surface area contributed by atoms with E-state index < -0.39 is 0 Å². The van der Waals surface area contributed by atoms with Crippen molar-refractivity contribution < 1.29 is 4.79 Å². The Morgan fingerprint density at radius 2 is 2.16 bits per heavy atom. The Kier molecular flexibility index (Phi) is 8.03. The highest BCUT2D eigenvalue weighted by Gasteiger charge is 2.27. The number of hydrogen-bond acceptors (Lipinski definition) is 4. The molecular formula is C18H21Cl2N3OS. The van der Waals surface area contributed by atoms with Gasteiger partial charge in [0, 0.05) is 49.1 Å². The molecule has 1 N–H and O–H groups in total. The molecule has 1 fully saturated rings. The topological polar surface area (TPSA) is 45.2 Å². The van der Waals surface area contributed by atoms with Gasteiger partial charge in [-0.2, -0.15) is 0 Å². The summed E-state index contributed by atoms with van der Waals surface area (Å²) in [5.74, 6) is 0.914. The van der Waals surface area contributed by atoms with Crippen LogP contribution < -0.4 is 5.32 Å². The minimum atomic E-state index is 0. The second-order valence-corrected chi connectivity index (χ2v) is 7.17. The molecule has 3 rings (SSSR count). The predicted molar refractivity (Wildman–Crippen MR) is 106 cm³/mol. The fourth-order valence-corrected chi connectivity index (χ4v) is 4.00. The number of thioether (sulfide) groups is 1. The summed E-state index contributed by atoms with van der Waals surface area (Å²) in [5, 5.41) is 4.10. The van der Waals surface area contributed by atoms with Crippen molar-refractivity contribution >= 4 is 41.7 Å². The van der Waals surface area contributed by atoms with Crippen molar-refractivity contribution in [2.75, 3.05) is 25.4 Å². The second kappa shape index (κ2) is 10.0. The molecule has 2 heterocycles. The van der Waals surface area contributed by atoms with Gasteiger partial charge in [-0.15, -0.1) is 24.2 Å². The van der Waals surface area contributed by atoms with Crippen molar-refractivity contribution in [3.05, 3.63) is 59.4 Å². The standard InChI is InChI=1S/C18H20ClN3OS.ClH/c19-15-5-1-2-6-17(15)24-11-7-18(23)22-10-9-21-13-16(22)14-4-3-8-20-12-14;/h1-6,8,12,16,21H,7,9-11,13H2;1H. The van der Waals surface area contributed by atoms with E-state index in [0.717, 1.165) is 40.9 Å². The Morgan fingerprint density at radius 3 is 2.92 bits per heavy atom. The molecular weight excluding hydrogens is 377 g/mol. The normalized spacial score (nSPS) is 17.0. The number of halogens is 2. The van der Waals surface area contributed by atoms with Crippen LogP contribution in [-0.2, 0) is 4.79 Å². The zero-order valence-corrected chi connectivity index (χ0v) is 16.1. The summed E-state index contributed by atoms with van der Waals surface area (Å²) in [6, 6.07) is 11.7. The maximum atomic E-state index is 12.7. The molecule has 1 unspecified atom stereocenters. The molecule has 0 radical (unpaired) electrons. The highest BCUT2D eigenvalue weighted by Crippen LogP contribution is 2.28. The molecule has 25 heavy (non-hydrogen) atoms. The molecule has 1 aliphatic heterocycles. The summed E-state index contributed by atoms with van der Waals surface area (Å²) >= 11 is 7.79. The number of nitrogens with zero attached hydrogens (tertiary/aromatic N) is 2. The lowest BCUT2D eigenvalue weighted by atomic mass is 10.1. The predicted octanol–water partition coefficient (Wildman–Crippen LogP) is 3.81. The number of piperazine rings is 1. The van der Waals surface area contributed by atoms with E-state index in [4.69, 9.17) is 11.6 Å². The first-order valence-corrected chi connectivity index (χ1v) is 9.39. The van der Waals surface area contributed by atoms with E-state index in [0.29, 0.717) is 6.42 Å². The molecule has 1 aromatic carbocycles. The lowest BCUT2D eigenvalue weighted by Gasteiger charge is -2.36. The third-order valence-electron chi connectivity index (χ3n) is 4.04. The monoisotopic (exact) mass is 397 g/mol. The molecule has 0 spiro atoms. The first-order valence-electron chi connectivity index (χ1n) is 8.03. The summed E-state index contributed by atoms with van der Waals surface area (Å²) in [5.41, 5.74) is 1.08. The molecule has 0 aliphatic carbocycles. The van der Waals surface area contributed by atoms with Gasteiger partial charge in [-0.3, -0.25) is 9.78 Å². The largest absolute Gasteiger partial charge is 0.333 e. The van der Waals surface area contributed by atoms with E-state index in [2.05, 4.69) is 10.3 Å². The highest BCUT2D eigenvalue weighted by atomic mass is 35.5. The zero-order chi connectivity index (χ0) is 16.8. The molecule has 1 amide bonds. The summed E-state index contributed by atoms with van der Waals surface area (Å²) in [7, 11) is 0. The molecule has 0 bridgehead atoms.